The first-order valence-electron chi connectivity index (χ1n) is 6.85. The lowest BCUT2D eigenvalue weighted by atomic mass is 10.2. The molecule has 1 N–H and O–H groups in total. The number of ether oxygens (including phenoxy) is 2. The standard InChI is InChI=1S/C16H19NO5/c1-4-21-14(18)8-9-15(19)22-12(3)16(20)17-13-7-5-6-11(2)10-13/h5-10,12H,4H2,1-3H3,(H,17,20). The van der Waals surface area contributed by atoms with Gasteiger partial charge in [0, 0.05) is 17.8 Å². The van der Waals surface area contributed by atoms with Gasteiger partial charge in [0.15, 0.2) is 6.10 Å². The molecule has 0 saturated carbocycles. The van der Waals surface area contributed by atoms with Crippen molar-refractivity contribution in [2.24, 2.45) is 0 Å². The first-order valence-corrected chi connectivity index (χ1v) is 6.85. The second-order valence-corrected chi connectivity index (χ2v) is 4.52. The van der Waals surface area contributed by atoms with Crippen LogP contribution in [0.1, 0.15) is 19.4 Å². The Labute approximate surface area is 129 Å². The predicted molar refractivity (Wildman–Crippen MR) is 81.1 cm³/mol. The molecule has 0 aliphatic heterocycles. The van der Waals surface area contributed by atoms with Gasteiger partial charge < -0.3 is 14.8 Å². The second kappa shape index (κ2) is 8.61. The van der Waals surface area contributed by atoms with Crippen molar-refractivity contribution in [3.63, 3.8) is 0 Å². The van der Waals surface area contributed by atoms with E-state index in [9.17, 15) is 14.4 Å². The number of esters is 2. The van der Waals surface area contributed by atoms with Crippen LogP contribution < -0.4 is 5.32 Å². The lowest BCUT2D eigenvalue weighted by Crippen LogP contribution is -2.29. The molecule has 22 heavy (non-hydrogen) atoms. The van der Waals surface area contributed by atoms with Crippen molar-refractivity contribution < 1.29 is 23.9 Å². The fraction of sp³-hybridized carbons (Fsp3) is 0.312. The number of nitrogens with one attached hydrogen (secondary N) is 1. The number of anilines is 1. The molecule has 0 bridgehead atoms. The monoisotopic (exact) mass is 305 g/mol. The van der Waals surface area contributed by atoms with Crippen molar-refractivity contribution in [2.75, 3.05) is 11.9 Å². The zero-order chi connectivity index (χ0) is 16.5. The average Bonchev–Trinajstić information content (AvgIpc) is 2.45. The topological polar surface area (TPSA) is 81.7 Å². The molecule has 0 saturated heterocycles. The van der Waals surface area contributed by atoms with E-state index in [0.717, 1.165) is 17.7 Å². The van der Waals surface area contributed by atoms with E-state index in [1.54, 1.807) is 19.1 Å². The number of hydrogen-bond acceptors (Lipinski definition) is 5. The molecule has 0 fully saturated rings. The molecular formula is C16H19NO5. The third kappa shape index (κ3) is 6.21. The van der Waals surface area contributed by atoms with Crippen LogP contribution in [0.5, 0.6) is 0 Å². The molecule has 1 unspecified atom stereocenters. The molecule has 0 spiro atoms. The largest absolute Gasteiger partial charge is 0.463 e. The summed E-state index contributed by atoms with van der Waals surface area (Å²) in [5, 5.41) is 2.64. The van der Waals surface area contributed by atoms with Gasteiger partial charge in [0.25, 0.3) is 5.91 Å². The van der Waals surface area contributed by atoms with Crippen molar-refractivity contribution in [3.05, 3.63) is 42.0 Å². The number of rotatable bonds is 6. The Hall–Kier alpha value is -2.63. The first-order chi connectivity index (χ1) is 10.4. The van der Waals surface area contributed by atoms with Crippen LogP contribution in [0.15, 0.2) is 36.4 Å². The number of carbonyl (C=O) groups excluding carboxylic acids is 3. The molecule has 1 amide bonds. The minimum atomic E-state index is -0.986. The average molecular weight is 305 g/mol. The van der Waals surface area contributed by atoms with Gasteiger partial charge in [-0.1, -0.05) is 12.1 Å². The van der Waals surface area contributed by atoms with E-state index in [0.29, 0.717) is 5.69 Å². The number of amides is 1. The molecule has 6 heteroatoms. The molecule has 1 aromatic rings. The number of carbonyl (C=O) groups is 3. The van der Waals surface area contributed by atoms with Crippen molar-refractivity contribution >= 4 is 23.5 Å². The third-order valence-corrected chi connectivity index (χ3v) is 2.59. The van der Waals surface area contributed by atoms with E-state index >= 15 is 0 Å². The third-order valence-electron chi connectivity index (χ3n) is 2.59. The molecule has 1 aromatic carbocycles. The highest BCUT2D eigenvalue weighted by molar-refractivity contribution is 5.97. The maximum absolute atomic E-state index is 11.9. The number of benzene rings is 1. The van der Waals surface area contributed by atoms with E-state index in [-0.39, 0.29) is 6.61 Å². The van der Waals surface area contributed by atoms with Crippen molar-refractivity contribution in [3.8, 4) is 0 Å². The Morgan fingerprint density at radius 2 is 1.91 bits per heavy atom. The molecule has 0 aliphatic rings. The van der Waals surface area contributed by atoms with Crippen molar-refractivity contribution in [1.82, 2.24) is 0 Å². The van der Waals surface area contributed by atoms with Gasteiger partial charge in [-0.3, -0.25) is 4.79 Å². The summed E-state index contributed by atoms with van der Waals surface area (Å²) in [6.45, 7) is 5.22. The van der Waals surface area contributed by atoms with Gasteiger partial charge in [-0.05, 0) is 38.5 Å². The lowest BCUT2D eigenvalue weighted by molar-refractivity contribution is -0.148. The van der Waals surface area contributed by atoms with Crippen LogP contribution in [0.3, 0.4) is 0 Å². The number of aryl methyl sites for hydroxylation is 1. The first kappa shape index (κ1) is 17.4. The molecule has 0 radical (unpaired) electrons. The molecule has 118 valence electrons. The highest BCUT2D eigenvalue weighted by Gasteiger charge is 2.16. The van der Waals surface area contributed by atoms with Crippen molar-refractivity contribution in [2.45, 2.75) is 26.9 Å². The van der Waals surface area contributed by atoms with E-state index in [4.69, 9.17) is 4.74 Å². The summed E-state index contributed by atoms with van der Waals surface area (Å²) < 4.78 is 9.52. The molecule has 0 aromatic heterocycles. The van der Waals surface area contributed by atoms with Crippen LogP contribution >= 0.6 is 0 Å². The molecule has 0 aliphatic carbocycles. The van der Waals surface area contributed by atoms with E-state index in [1.807, 2.05) is 19.1 Å². The Bertz CT molecular complexity index is 580. The quantitative estimate of drug-likeness (QED) is 0.642. The van der Waals surface area contributed by atoms with Gasteiger partial charge in [-0.15, -0.1) is 0 Å². The molecule has 1 atom stereocenters. The lowest BCUT2D eigenvalue weighted by Gasteiger charge is -2.12. The van der Waals surface area contributed by atoms with Gasteiger partial charge in [0.1, 0.15) is 0 Å². The summed E-state index contributed by atoms with van der Waals surface area (Å²) in [7, 11) is 0. The van der Waals surface area contributed by atoms with Crippen LogP contribution in [0.25, 0.3) is 0 Å². The highest BCUT2D eigenvalue weighted by Crippen LogP contribution is 2.10. The van der Waals surface area contributed by atoms with Gasteiger partial charge >= 0.3 is 11.9 Å². The minimum absolute atomic E-state index is 0.216. The second-order valence-electron chi connectivity index (χ2n) is 4.52. The molecule has 1 rings (SSSR count). The SMILES string of the molecule is CCOC(=O)C=CC(=O)OC(C)C(=O)Nc1cccc(C)c1. The highest BCUT2D eigenvalue weighted by atomic mass is 16.5. The number of hydrogen-bond donors (Lipinski definition) is 1. The predicted octanol–water partition coefficient (Wildman–Crippen LogP) is 1.98. The Kier molecular flexibility index (Phi) is 6.82. The van der Waals surface area contributed by atoms with Gasteiger partial charge in [0.2, 0.25) is 0 Å². The summed E-state index contributed by atoms with van der Waals surface area (Å²) in [6.07, 6.45) is 0.894. The minimum Gasteiger partial charge on any atom is -0.463 e. The van der Waals surface area contributed by atoms with Gasteiger partial charge in [0.05, 0.1) is 6.61 Å². The van der Waals surface area contributed by atoms with Crippen LogP contribution in [0.2, 0.25) is 0 Å². The zero-order valence-corrected chi connectivity index (χ0v) is 12.8. The molecule has 6 nitrogen and oxygen atoms in total. The zero-order valence-electron chi connectivity index (χ0n) is 12.8. The summed E-state index contributed by atoms with van der Waals surface area (Å²) >= 11 is 0. The van der Waals surface area contributed by atoms with Crippen LogP contribution in [0.4, 0.5) is 5.69 Å². The van der Waals surface area contributed by atoms with E-state index < -0.39 is 23.9 Å². The molecule has 0 heterocycles. The summed E-state index contributed by atoms with van der Waals surface area (Å²) in [5.74, 6) is -1.89. The normalized spacial score (nSPS) is 11.8. The smallest absolute Gasteiger partial charge is 0.331 e. The van der Waals surface area contributed by atoms with Gasteiger partial charge in [-0.25, -0.2) is 9.59 Å². The maximum atomic E-state index is 11.9. The van der Waals surface area contributed by atoms with E-state index in [2.05, 4.69) is 10.1 Å². The summed E-state index contributed by atoms with van der Waals surface area (Å²) in [6, 6.07) is 7.25. The van der Waals surface area contributed by atoms with Crippen LogP contribution in [-0.4, -0.2) is 30.6 Å². The Balaban J connectivity index is 2.50. The summed E-state index contributed by atoms with van der Waals surface area (Å²) in [4.78, 5) is 34.4. The molecular weight excluding hydrogens is 286 g/mol. The van der Waals surface area contributed by atoms with E-state index in [1.165, 1.54) is 6.92 Å². The van der Waals surface area contributed by atoms with Crippen LogP contribution in [-0.2, 0) is 23.9 Å². The Morgan fingerprint density at radius 3 is 2.55 bits per heavy atom. The van der Waals surface area contributed by atoms with Gasteiger partial charge in [-0.2, -0.15) is 0 Å². The van der Waals surface area contributed by atoms with Crippen molar-refractivity contribution in [1.29, 1.82) is 0 Å². The Morgan fingerprint density at radius 1 is 1.23 bits per heavy atom. The summed E-state index contributed by atoms with van der Waals surface area (Å²) in [5.41, 5.74) is 1.62. The fourth-order valence-electron chi connectivity index (χ4n) is 1.56. The van der Waals surface area contributed by atoms with Crippen LogP contribution in [0, 0.1) is 6.92 Å². The maximum Gasteiger partial charge on any atom is 0.331 e. The fourth-order valence-corrected chi connectivity index (χ4v) is 1.56.